The van der Waals surface area contributed by atoms with Crippen molar-refractivity contribution in [3.8, 4) is 0 Å². The van der Waals surface area contributed by atoms with Crippen LogP contribution >= 0.6 is 0 Å². The summed E-state index contributed by atoms with van der Waals surface area (Å²) >= 11 is 0. The van der Waals surface area contributed by atoms with Crippen molar-refractivity contribution >= 4 is 0 Å². The zero-order valence-corrected chi connectivity index (χ0v) is 11.8. The first-order valence-corrected chi connectivity index (χ1v) is 7.73. The summed E-state index contributed by atoms with van der Waals surface area (Å²) < 4.78 is 11.6. The highest BCUT2D eigenvalue weighted by Gasteiger charge is 2.41. The van der Waals surface area contributed by atoms with Gasteiger partial charge in [0.2, 0.25) is 0 Å². The molecule has 2 atom stereocenters. The van der Waals surface area contributed by atoms with Crippen molar-refractivity contribution in [1.82, 2.24) is 0 Å². The smallest absolute Gasteiger partial charge is 0.0685 e. The number of hydrogen-bond donors (Lipinski definition) is 1. The Balaban J connectivity index is 1.74. The van der Waals surface area contributed by atoms with Gasteiger partial charge in [0.1, 0.15) is 0 Å². The third-order valence-corrected chi connectivity index (χ3v) is 4.60. The summed E-state index contributed by atoms with van der Waals surface area (Å²) in [5.41, 5.74) is 6.55. The largest absolute Gasteiger partial charge is 0.381 e. The Bertz CT molecular complexity index is 239. The van der Waals surface area contributed by atoms with Crippen molar-refractivity contribution in [2.24, 2.45) is 11.7 Å². The van der Waals surface area contributed by atoms with Crippen LogP contribution in [0, 0.1) is 5.92 Å². The van der Waals surface area contributed by atoms with E-state index >= 15 is 0 Å². The Hall–Kier alpha value is -0.120. The summed E-state index contributed by atoms with van der Waals surface area (Å²) in [6.07, 6.45) is 9.59. The van der Waals surface area contributed by atoms with Crippen LogP contribution in [0.3, 0.4) is 0 Å². The first-order chi connectivity index (χ1) is 8.76. The quantitative estimate of drug-likeness (QED) is 0.742. The molecule has 2 rings (SSSR count). The van der Waals surface area contributed by atoms with Crippen molar-refractivity contribution in [1.29, 1.82) is 0 Å². The summed E-state index contributed by atoms with van der Waals surface area (Å²) in [6, 6.07) is 0.295. The maximum atomic E-state index is 6.35. The molecule has 1 saturated carbocycles. The molecular formula is C15H29NO2. The van der Waals surface area contributed by atoms with Gasteiger partial charge in [0.25, 0.3) is 0 Å². The van der Waals surface area contributed by atoms with Crippen LogP contribution in [-0.4, -0.2) is 31.5 Å². The summed E-state index contributed by atoms with van der Waals surface area (Å²) in [4.78, 5) is 0. The van der Waals surface area contributed by atoms with E-state index in [0.717, 1.165) is 39.1 Å². The molecule has 0 aromatic rings. The van der Waals surface area contributed by atoms with E-state index in [0.29, 0.717) is 12.0 Å². The van der Waals surface area contributed by atoms with Crippen molar-refractivity contribution in [3.63, 3.8) is 0 Å². The predicted molar refractivity (Wildman–Crippen MR) is 73.6 cm³/mol. The lowest BCUT2D eigenvalue weighted by molar-refractivity contribution is -0.0971. The molecule has 1 aliphatic carbocycles. The molecule has 3 nitrogen and oxygen atoms in total. The van der Waals surface area contributed by atoms with E-state index in [2.05, 4.69) is 6.92 Å². The van der Waals surface area contributed by atoms with Crippen LogP contribution in [0.4, 0.5) is 0 Å². The minimum atomic E-state index is 0.199. The minimum Gasteiger partial charge on any atom is -0.381 e. The first kappa shape index (κ1) is 14.3. The van der Waals surface area contributed by atoms with Gasteiger partial charge in [-0.1, -0.05) is 19.8 Å². The second-order valence-electron chi connectivity index (χ2n) is 6.06. The van der Waals surface area contributed by atoms with E-state index in [-0.39, 0.29) is 5.60 Å². The summed E-state index contributed by atoms with van der Waals surface area (Å²) in [7, 11) is 0. The zero-order chi connectivity index (χ0) is 12.8. The van der Waals surface area contributed by atoms with Gasteiger partial charge in [0.15, 0.2) is 0 Å². The summed E-state index contributed by atoms with van der Waals surface area (Å²) in [6.45, 7) is 4.74. The van der Waals surface area contributed by atoms with Gasteiger partial charge in [-0.2, -0.15) is 0 Å². The fourth-order valence-corrected chi connectivity index (χ4v) is 3.50. The fraction of sp³-hybridized carbons (Fsp3) is 1.00. The van der Waals surface area contributed by atoms with Crippen LogP contribution in [0.25, 0.3) is 0 Å². The second kappa shape index (κ2) is 6.88. The number of ether oxygens (including phenoxy) is 2. The van der Waals surface area contributed by atoms with Crippen LogP contribution in [0.2, 0.25) is 0 Å². The highest BCUT2D eigenvalue weighted by atomic mass is 16.5. The molecule has 2 fully saturated rings. The summed E-state index contributed by atoms with van der Waals surface area (Å²) in [5, 5.41) is 0. The molecule has 106 valence electrons. The van der Waals surface area contributed by atoms with Gasteiger partial charge in [-0.05, 0) is 44.4 Å². The van der Waals surface area contributed by atoms with Crippen LogP contribution in [0.1, 0.15) is 58.3 Å². The molecule has 1 spiro atoms. The van der Waals surface area contributed by atoms with Gasteiger partial charge in [-0.3, -0.25) is 0 Å². The molecular weight excluding hydrogens is 226 g/mol. The standard InChI is InChI=1S/C15H29NO2/c1-2-9-17-10-6-14(16)13-5-11-18-15(12-13)7-3-4-8-15/h13-14H,2-12,16H2,1H3. The van der Waals surface area contributed by atoms with Crippen LogP contribution in [-0.2, 0) is 9.47 Å². The minimum absolute atomic E-state index is 0.199. The molecule has 1 heterocycles. The lowest BCUT2D eigenvalue weighted by atomic mass is 9.80. The molecule has 18 heavy (non-hydrogen) atoms. The molecule has 0 radical (unpaired) electrons. The van der Waals surface area contributed by atoms with Gasteiger partial charge in [0, 0.05) is 25.9 Å². The number of rotatable bonds is 6. The average molecular weight is 255 g/mol. The Morgan fingerprint density at radius 2 is 2.11 bits per heavy atom. The van der Waals surface area contributed by atoms with Gasteiger partial charge in [-0.25, -0.2) is 0 Å². The SMILES string of the molecule is CCCOCCC(N)C1CCOC2(CCCC2)C1. The molecule has 2 aliphatic rings. The molecule has 2 N–H and O–H groups in total. The van der Waals surface area contributed by atoms with E-state index in [1.165, 1.54) is 32.1 Å². The van der Waals surface area contributed by atoms with Crippen LogP contribution in [0.15, 0.2) is 0 Å². The van der Waals surface area contributed by atoms with Crippen LogP contribution < -0.4 is 5.73 Å². The molecule has 2 unspecified atom stereocenters. The zero-order valence-electron chi connectivity index (χ0n) is 11.8. The van der Waals surface area contributed by atoms with Gasteiger partial charge in [-0.15, -0.1) is 0 Å². The lowest BCUT2D eigenvalue weighted by Crippen LogP contribution is -2.44. The van der Waals surface area contributed by atoms with E-state index in [1.54, 1.807) is 0 Å². The maximum Gasteiger partial charge on any atom is 0.0685 e. The van der Waals surface area contributed by atoms with E-state index in [1.807, 2.05) is 0 Å². The molecule has 0 aromatic carbocycles. The van der Waals surface area contributed by atoms with Crippen molar-refractivity contribution in [3.05, 3.63) is 0 Å². The third kappa shape index (κ3) is 3.69. The number of hydrogen-bond acceptors (Lipinski definition) is 3. The molecule has 0 bridgehead atoms. The molecule has 0 aromatic heterocycles. The van der Waals surface area contributed by atoms with Crippen LogP contribution in [0.5, 0.6) is 0 Å². The Morgan fingerprint density at radius 1 is 1.33 bits per heavy atom. The van der Waals surface area contributed by atoms with E-state index in [4.69, 9.17) is 15.2 Å². The van der Waals surface area contributed by atoms with Crippen molar-refractivity contribution in [2.75, 3.05) is 19.8 Å². The Morgan fingerprint density at radius 3 is 2.83 bits per heavy atom. The predicted octanol–water partition coefficient (Wildman–Crippen LogP) is 2.87. The lowest BCUT2D eigenvalue weighted by Gasteiger charge is -2.40. The normalized spacial score (nSPS) is 28.7. The topological polar surface area (TPSA) is 44.5 Å². The second-order valence-corrected chi connectivity index (χ2v) is 6.06. The molecule has 0 amide bonds. The van der Waals surface area contributed by atoms with E-state index < -0.39 is 0 Å². The van der Waals surface area contributed by atoms with Crippen molar-refractivity contribution < 1.29 is 9.47 Å². The number of nitrogens with two attached hydrogens (primary N) is 1. The van der Waals surface area contributed by atoms with Gasteiger partial charge >= 0.3 is 0 Å². The average Bonchev–Trinajstić information content (AvgIpc) is 2.82. The summed E-state index contributed by atoms with van der Waals surface area (Å²) in [5.74, 6) is 0.641. The molecule has 1 aliphatic heterocycles. The maximum absolute atomic E-state index is 6.35. The first-order valence-electron chi connectivity index (χ1n) is 7.73. The highest BCUT2D eigenvalue weighted by Crippen LogP contribution is 2.42. The van der Waals surface area contributed by atoms with Gasteiger partial charge in [0.05, 0.1) is 5.60 Å². The highest BCUT2D eigenvalue weighted by molar-refractivity contribution is 4.93. The fourth-order valence-electron chi connectivity index (χ4n) is 3.50. The van der Waals surface area contributed by atoms with Gasteiger partial charge < -0.3 is 15.2 Å². The molecule has 1 saturated heterocycles. The monoisotopic (exact) mass is 255 g/mol. The Labute approximate surface area is 111 Å². The molecule has 3 heteroatoms. The third-order valence-electron chi connectivity index (χ3n) is 4.60. The Kier molecular flexibility index (Phi) is 5.46. The van der Waals surface area contributed by atoms with E-state index in [9.17, 15) is 0 Å². The van der Waals surface area contributed by atoms with Crippen molar-refractivity contribution in [2.45, 2.75) is 69.9 Å².